The third-order valence-corrected chi connectivity index (χ3v) is 3.23. The minimum atomic E-state index is -0.293. The SMILES string of the molecule is CCNC(=O)c1cccc(NC(=O)NC[C@H]2CCCO2)c1. The Morgan fingerprint density at radius 2 is 2.19 bits per heavy atom. The molecule has 1 heterocycles. The zero-order chi connectivity index (χ0) is 15.1. The first-order valence-corrected chi connectivity index (χ1v) is 7.23. The van der Waals surface area contributed by atoms with Crippen LogP contribution >= 0.6 is 0 Å². The third-order valence-electron chi connectivity index (χ3n) is 3.23. The lowest BCUT2D eigenvalue weighted by molar-refractivity contribution is 0.0956. The molecule has 0 unspecified atom stereocenters. The van der Waals surface area contributed by atoms with Gasteiger partial charge in [-0.05, 0) is 38.0 Å². The monoisotopic (exact) mass is 291 g/mol. The number of carbonyl (C=O) groups is 2. The van der Waals surface area contributed by atoms with E-state index in [1.54, 1.807) is 24.3 Å². The maximum Gasteiger partial charge on any atom is 0.319 e. The number of urea groups is 1. The van der Waals surface area contributed by atoms with Crippen molar-refractivity contribution in [1.82, 2.24) is 10.6 Å². The largest absolute Gasteiger partial charge is 0.376 e. The van der Waals surface area contributed by atoms with E-state index in [0.717, 1.165) is 19.4 Å². The summed E-state index contributed by atoms with van der Waals surface area (Å²) in [5.41, 5.74) is 1.11. The second kappa shape index (κ2) is 7.64. The number of hydrogen-bond donors (Lipinski definition) is 3. The van der Waals surface area contributed by atoms with E-state index in [9.17, 15) is 9.59 Å². The molecule has 1 fully saturated rings. The van der Waals surface area contributed by atoms with E-state index in [0.29, 0.717) is 24.3 Å². The Balaban J connectivity index is 1.85. The van der Waals surface area contributed by atoms with Gasteiger partial charge in [0.05, 0.1) is 6.10 Å². The summed E-state index contributed by atoms with van der Waals surface area (Å²) in [5, 5.41) is 8.21. The van der Waals surface area contributed by atoms with Gasteiger partial charge in [0, 0.05) is 30.9 Å². The second-order valence-electron chi connectivity index (χ2n) is 4.91. The molecule has 1 saturated heterocycles. The fraction of sp³-hybridized carbons (Fsp3) is 0.467. The molecule has 1 atom stereocenters. The zero-order valence-electron chi connectivity index (χ0n) is 12.1. The quantitative estimate of drug-likeness (QED) is 0.773. The molecule has 0 radical (unpaired) electrons. The molecule has 0 bridgehead atoms. The van der Waals surface area contributed by atoms with Gasteiger partial charge in [0.15, 0.2) is 0 Å². The average molecular weight is 291 g/mol. The number of ether oxygens (including phenoxy) is 1. The summed E-state index contributed by atoms with van der Waals surface area (Å²) < 4.78 is 5.44. The minimum Gasteiger partial charge on any atom is -0.376 e. The smallest absolute Gasteiger partial charge is 0.319 e. The summed E-state index contributed by atoms with van der Waals surface area (Å²) in [4.78, 5) is 23.5. The van der Waals surface area contributed by atoms with E-state index in [-0.39, 0.29) is 18.0 Å². The van der Waals surface area contributed by atoms with Gasteiger partial charge in [-0.1, -0.05) is 6.07 Å². The first kappa shape index (κ1) is 15.3. The van der Waals surface area contributed by atoms with Crippen LogP contribution in [-0.2, 0) is 4.74 Å². The van der Waals surface area contributed by atoms with Crippen molar-refractivity contribution in [2.75, 3.05) is 25.0 Å². The van der Waals surface area contributed by atoms with E-state index in [1.807, 2.05) is 6.92 Å². The predicted molar refractivity (Wildman–Crippen MR) is 80.4 cm³/mol. The summed E-state index contributed by atoms with van der Waals surface area (Å²) in [6, 6.07) is 6.55. The maximum absolute atomic E-state index is 11.8. The first-order chi connectivity index (χ1) is 10.2. The molecular weight excluding hydrogens is 270 g/mol. The molecule has 1 aromatic rings. The number of anilines is 1. The van der Waals surface area contributed by atoms with Crippen LogP contribution in [0.4, 0.5) is 10.5 Å². The van der Waals surface area contributed by atoms with Crippen LogP contribution < -0.4 is 16.0 Å². The van der Waals surface area contributed by atoms with Gasteiger partial charge in [-0.15, -0.1) is 0 Å². The van der Waals surface area contributed by atoms with E-state index in [4.69, 9.17) is 4.74 Å². The molecule has 0 saturated carbocycles. The molecule has 114 valence electrons. The van der Waals surface area contributed by atoms with Crippen molar-refractivity contribution in [2.24, 2.45) is 0 Å². The van der Waals surface area contributed by atoms with Crippen molar-refractivity contribution in [1.29, 1.82) is 0 Å². The molecule has 0 spiro atoms. The molecule has 1 aromatic carbocycles. The van der Waals surface area contributed by atoms with E-state index < -0.39 is 0 Å². The number of rotatable bonds is 5. The average Bonchev–Trinajstić information content (AvgIpc) is 2.99. The van der Waals surface area contributed by atoms with Crippen LogP contribution in [0.15, 0.2) is 24.3 Å². The maximum atomic E-state index is 11.8. The number of hydrogen-bond acceptors (Lipinski definition) is 3. The van der Waals surface area contributed by atoms with Gasteiger partial charge < -0.3 is 20.7 Å². The predicted octanol–water partition coefficient (Wildman–Crippen LogP) is 1.74. The molecule has 2 rings (SSSR count). The number of amides is 3. The Morgan fingerprint density at radius 3 is 2.90 bits per heavy atom. The fourth-order valence-electron chi connectivity index (χ4n) is 2.19. The van der Waals surface area contributed by atoms with Crippen LogP contribution in [0, 0.1) is 0 Å². The van der Waals surface area contributed by atoms with Gasteiger partial charge in [0.25, 0.3) is 5.91 Å². The van der Waals surface area contributed by atoms with E-state index in [2.05, 4.69) is 16.0 Å². The number of nitrogens with one attached hydrogen (secondary N) is 3. The molecule has 3 N–H and O–H groups in total. The normalized spacial score (nSPS) is 17.3. The van der Waals surface area contributed by atoms with Crippen molar-refractivity contribution < 1.29 is 14.3 Å². The highest BCUT2D eigenvalue weighted by Crippen LogP contribution is 2.12. The molecule has 0 aromatic heterocycles. The Morgan fingerprint density at radius 1 is 1.33 bits per heavy atom. The Hall–Kier alpha value is -2.08. The van der Waals surface area contributed by atoms with Gasteiger partial charge >= 0.3 is 6.03 Å². The molecule has 1 aliphatic rings. The van der Waals surface area contributed by atoms with E-state index >= 15 is 0 Å². The molecule has 0 aliphatic carbocycles. The Kier molecular flexibility index (Phi) is 5.57. The van der Waals surface area contributed by atoms with Gasteiger partial charge in [0.1, 0.15) is 0 Å². The molecule has 6 heteroatoms. The van der Waals surface area contributed by atoms with Crippen LogP contribution in [0.1, 0.15) is 30.1 Å². The van der Waals surface area contributed by atoms with Crippen LogP contribution in [0.5, 0.6) is 0 Å². The molecule has 3 amide bonds. The van der Waals surface area contributed by atoms with Crippen LogP contribution in [0.2, 0.25) is 0 Å². The first-order valence-electron chi connectivity index (χ1n) is 7.23. The Bertz CT molecular complexity index is 499. The van der Waals surface area contributed by atoms with Gasteiger partial charge in [-0.3, -0.25) is 4.79 Å². The highest BCUT2D eigenvalue weighted by atomic mass is 16.5. The van der Waals surface area contributed by atoms with Crippen LogP contribution in [0.3, 0.4) is 0 Å². The summed E-state index contributed by atoms with van der Waals surface area (Å²) in [6.45, 7) is 3.70. The summed E-state index contributed by atoms with van der Waals surface area (Å²) in [5.74, 6) is -0.152. The summed E-state index contributed by atoms with van der Waals surface area (Å²) in [7, 11) is 0. The van der Waals surface area contributed by atoms with Gasteiger partial charge in [0.2, 0.25) is 0 Å². The van der Waals surface area contributed by atoms with Gasteiger partial charge in [-0.25, -0.2) is 4.79 Å². The third kappa shape index (κ3) is 4.75. The molecular formula is C15H21N3O3. The second-order valence-corrected chi connectivity index (χ2v) is 4.91. The van der Waals surface area contributed by atoms with Crippen molar-refractivity contribution in [2.45, 2.75) is 25.9 Å². The molecule has 1 aliphatic heterocycles. The summed E-state index contributed by atoms with van der Waals surface area (Å²) in [6.07, 6.45) is 2.13. The lowest BCUT2D eigenvalue weighted by Crippen LogP contribution is -2.35. The fourth-order valence-corrected chi connectivity index (χ4v) is 2.19. The summed E-state index contributed by atoms with van der Waals surface area (Å²) >= 11 is 0. The number of carbonyl (C=O) groups excluding carboxylic acids is 2. The van der Waals surface area contributed by atoms with Crippen molar-refractivity contribution in [3.63, 3.8) is 0 Å². The molecule has 6 nitrogen and oxygen atoms in total. The topological polar surface area (TPSA) is 79.5 Å². The standard InChI is InChI=1S/C15H21N3O3/c1-2-16-14(19)11-5-3-6-12(9-11)18-15(20)17-10-13-7-4-8-21-13/h3,5-6,9,13H,2,4,7-8,10H2,1H3,(H,16,19)(H2,17,18,20)/t13-/m1/s1. The van der Waals surface area contributed by atoms with Crippen LogP contribution in [-0.4, -0.2) is 37.7 Å². The van der Waals surface area contributed by atoms with Crippen molar-refractivity contribution in [3.05, 3.63) is 29.8 Å². The number of benzene rings is 1. The highest BCUT2D eigenvalue weighted by Gasteiger charge is 2.16. The van der Waals surface area contributed by atoms with Crippen molar-refractivity contribution >= 4 is 17.6 Å². The van der Waals surface area contributed by atoms with Crippen molar-refractivity contribution in [3.8, 4) is 0 Å². The lowest BCUT2D eigenvalue weighted by Gasteiger charge is -2.12. The van der Waals surface area contributed by atoms with Crippen LogP contribution in [0.25, 0.3) is 0 Å². The molecule has 21 heavy (non-hydrogen) atoms. The highest BCUT2D eigenvalue weighted by molar-refractivity contribution is 5.96. The lowest BCUT2D eigenvalue weighted by atomic mass is 10.2. The minimum absolute atomic E-state index is 0.109. The van der Waals surface area contributed by atoms with Gasteiger partial charge in [-0.2, -0.15) is 0 Å². The zero-order valence-corrected chi connectivity index (χ0v) is 12.1. The Labute approximate surface area is 124 Å². The van der Waals surface area contributed by atoms with E-state index in [1.165, 1.54) is 0 Å².